The molecule has 6 nitrogen and oxygen atoms in total. The number of hydrogen-bond donors (Lipinski definition) is 1. The lowest BCUT2D eigenvalue weighted by Crippen LogP contribution is -2.48. The highest BCUT2D eigenvalue weighted by Gasteiger charge is 2.50. The van der Waals surface area contributed by atoms with Gasteiger partial charge in [-0.1, -0.05) is 31.0 Å². The van der Waals surface area contributed by atoms with Crippen molar-refractivity contribution in [2.45, 2.75) is 45.2 Å². The van der Waals surface area contributed by atoms with Gasteiger partial charge in [0.05, 0.1) is 18.9 Å². The summed E-state index contributed by atoms with van der Waals surface area (Å²) in [4.78, 5) is 38.8. The van der Waals surface area contributed by atoms with E-state index < -0.39 is 6.04 Å². The van der Waals surface area contributed by atoms with E-state index in [1.165, 1.54) is 4.90 Å². The lowest BCUT2D eigenvalue weighted by atomic mass is 9.81. The summed E-state index contributed by atoms with van der Waals surface area (Å²) in [6, 6.07) is 6.62. The van der Waals surface area contributed by atoms with Gasteiger partial charge in [-0.25, -0.2) is 0 Å². The first kappa shape index (κ1) is 17.5. The molecule has 1 aliphatic carbocycles. The smallest absolute Gasteiger partial charge is 0.243 e. The number of para-hydroxylation sites is 1. The molecule has 6 heteroatoms. The third-order valence-corrected chi connectivity index (χ3v) is 5.29. The molecule has 0 spiro atoms. The number of hydrogen-bond acceptors (Lipinski definition) is 4. The lowest BCUT2D eigenvalue weighted by Gasteiger charge is -2.22. The first-order chi connectivity index (χ1) is 12.0. The molecule has 0 bridgehead atoms. The van der Waals surface area contributed by atoms with E-state index in [1.807, 2.05) is 24.3 Å². The molecule has 3 rings (SSSR count). The number of imide groups is 1. The minimum absolute atomic E-state index is 0.186. The van der Waals surface area contributed by atoms with Gasteiger partial charge in [-0.05, 0) is 25.8 Å². The number of likely N-dealkylation sites (tertiary alicyclic amines) is 1. The molecule has 0 aromatic heterocycles. The van der Waals surface area contributed by atoms with Gasteiger partial charge in [0.25, 0.3) is 0 Å². The number of benzene rings is 1. The normalized spacial score (nSPS) is 24.0. The molecule has 3 atom stereocenters. The molecule has 25 heavy (non-hydrogen) atoms. The highest BCUT2D eigenvalue weighted by atomic mass is 16.5. The van der Waals surface area contributed by atoms with Crippen molar-refractivity contribution >= 4 is 17.7 Å². The molecule has 0 radical (unpaired) electrons. The average Bonchev–Trinajstić information content (AvgIpc) is 2.90. The van der Waals surface area contributed by atoms with E-state index in [4.69, 9.17) is 4.74 Å². The standard InChI is InChI=1S/C19H24N2O4/c1-12(17(22)20-11-13-7-3-6-10-16(13)25-2)21-18(23)14-8-4-5-9-15(14)19(21)24/h3,6-7,10,12,14-15H,4-5,8-9,11H2,1-2H3,(H,20,22). The monoisotopic (exact) mass is 344 g/mol. The van der Waals surface area contributed by atoms with Crippen LogP contribution in [0.15, 0.2) is 24.3 Å². The summed E-state index contributed by atoms with van der Waals surface area (Å²) >= 11 is 0. The predicted octanol–water partition coefficient (Wildman–Crippen LogP) is 1.88. The van der Waals surface area contributed by atoms with Crippen LogP contribution < -0.4 is 10.1 Å². The van der Waals surface area contributed by atoms with Crippen LogP contribution in [0.1, 0.15) is 38.2 Å². The molecule has 3 unspecified atom stereocenters. The van der Waals surface area contributed by atoms with Gasteiger partial charge in [0, 0.05) is 12.1 Å². The Labute approximate surface area is 147 Å². The number of nitrogens with one attached hydrogen (secondary N) is 1. The molecule has 1 N–H and O–H groups in total. The SMILES string of the molecule is COc1ccccc1CNC(=O)C(C)N1C(=O)C2CCCCC2C1=O. The minimum atomic E-state index is -0.791. The van der Waals surface area contributed by atoms with Gasteiger partial charge in [-0.15, -0.1) is 0 Å². The van der Waals surface area contributed by atoms with Gasteiger partial charge >= 0.3 is 0 Å². The minimum Gasteiger partial charge on any atom is -0.496 e. The second kappa shape index (κ2) is 7.25. The van der Waals surface area contributed by atoms with Crippen LogP contribution in [0.5, 0.6) is 5.75 Å². The summed E-state index contributed by atoms with van der Waals surface area (Å²) in [5.41, 5.74) is 0.846. The van der Waals surface area contributed by atoms with Crippen molar-refractivity contribution < 1.29 is 19.1 Å². The molecule has 2 fully saturated rings. The largest absolute Gasteiger partial charge is 0.496 e. The number of carbonyl (C=O) groups excluding carboxylic acids is 3. The van der Waals surface area contributed by atoms with E-state index in [-0.39, 0.29) is 36.1 Å². The maximum Gasteiger partial charge on any atom is 0.243 e. The second-order valence-corrected chi connectivity index (χ2v) is 6.75. The topological polar surface area (TPSA) is 75.7 Å². The van der Waals surface area contributed by atoms with Crippen LogP contribution >= 0.6 is 0 Å². The Balaban J connectivity index is 1.66. The zero-order chi connectivity index (χ0) is 18.0. The number of rotatable bonds is 5. The lowest BCUT2D eigenvalue weighted by molar-refractivity contribution is -0.147. The Morgan fingerprint density at radius 1 is 1.20 bits per heavy atom. The van der Waals surface area contributed by atoms with Crippen LogP contribution in [0, 0.1) is 11.8 Å². The second-order valence-electron chi connectivity index (χ2n) is 6.75. The van der Waals surface area contributed by atoms with Crippen molar-refractivity contribution in [3.8, 4) is 5.75 Å². The molecule has 1 aromatic rings. The van der Waals surface area contributed by atoms with Gasteiger partial charge < -0.3 is 10.1 Å². The van der Waals surface area contributed by atoms with Crippen molar-refractivity contribution in [2.75, 3.05) is 7.11 Å². The number of nitrogens with zero attached hydrogens (tertiary/aromatic N) is 1. The first-order valence-electron chi connectivity index (χ1n) is 8.81. The third kappa shape index (κ3) is 3.25. The molecule has 1 aromatic carbocycles. The molecule has 134 valence electrons. The summed E-state index contributed by atoms with van der Waals surface area (Å²) in [7, 11) is 1.58. The van der Waals surface area contributed by atoms with Crippen molar-refractivity contribution in [1.29, 1.82) is 0 Å². The van der Waals surface area contributed by atoms with Crippen LogP contribution in [-0.4, -0.2) is 35.8 Å². The van der Waals surface area contributed by atoms with Gasteiger partial charge in [-0.3, -0.25) is 19.3 Å². The molecule has 1 saturated heterocycles. The predicted molar refractivity (Wildman–Crippen MR) is 91.6 cm³/mol. The molecule has 1 saturated carbocycles. The Hall–Kier alpha value is -2.37. The molecule has 3 amide bonds. The van der Waals surface area contributed by atoms with Crippen molar-refractivity contribution in [2.24, 2.45) is 11.8 Å². The molecule has 1 heterocycles. The molecule has 2 aliphatic rings. The van der Waals surface area contributed by atoms with Crippen LogP contribution in [0.2, 0.25) is 0 Å². The van der Waals surface area contributed by atoms with Crippen LogP contribution in [0.4, 0.5) is 0 Å². The molecule has 1 aliphatic heterocycles. The van der Waals surface area contributed by atoms with Gasteiger partial charge in [0.1, 0.15) is 11.8 Å². The van der Waals surface area contributed by atoms with E-state index >= 15 is 0 Å². The summed E-state index contributed by atoms with van der Waals surface area (Å²) in [5.74, 6) is -0.471. The zero-order valence-corrected chi connectivity index (χ0v) is 14.7. The zero-order valence-electron chi connectivity index (χ0n) is 14.7. The van der Waals surface area contributed by atoms with Crippen molar-refractivity contribution in [1.82, 2.24) is 10.2 Å². The molecular weight excluding hydrogens is 320 g/mol. The fraction of sp³-hybridized carbons (Fsp3) is 0.526. The van der Waals surface area contributed by atoms with E-state index in [0.29, 0.717) is 5.75 Å². The summed E-state index contributed by atoms with van der Waals surface area (Å²) in [5, 5.41) is 2.81. The number of carbonyl (C=O) groups is 3. The summed E-state index contributed by atoms with van der Waals surface area (Å²) in [6.45, 7) is 1.90. The third-order valence-electron chi connectivity index (χ3n) is 5.29. The van der Waals surface area contributed by atoms with E-state index in [0.717, 1.165) is 31.2 Å². The number of fused-ring (bicyclic) bond motifs is 1. The molecular formula is C19H24N2O4. The maximum absolute atomic E-state index is 12.6. The first-order valence-corrected chi connectivity index (χ1v) is 8.81. The van der Waals surface area contributed by atoms with Crippen LogP contribution in [0.3, 0.4) is 0 Å². The van der Waals surface area contributed by atoms with Gasteiger partial charge in [-0.2, -0.15) is 0 Å². The Bertz CT molecular complexity index is 664. The highest BCUT2D eigenvalue weighted by molar-refractivity contribution is 6.08. The van der Waals surface area contributed by atoms with E-state index in [2.05, 4.69) is 5.32 Å². The summed E-state index contributed by atoms with van der Waals surface area (Å²) < 4.78 is 5.27. The fourth-order valence-electron chi connectivity index (χ4n) is 3.87. The van der Waals surface area contributed by atoms with E-state index in [9.17, 15) is 14.4 Å². The Morgan fingerprint density at radius 2 is 1.80 bits per heavy atom. The number of methoxy groups -OCH3 is 1. The van der Waals surface area contributed by atoms with E-state index in [1.54, 1.807) is 14.0 Å². The summed E-state index contributed by atoms with van der Waals surface area (Å²) in [6.07, 6.45) is 3.45. The van der Waals surface area contributed by atoms with Crippen LogP contribution in [0.25, 0.3) is 0 Å². The number of ether oxygens (including phenoxy) is 1. The van der Waals surface area contributed by atoms with Gasteiger partial charge in [0.2, 0.25) is 17.7 Å². The fourth-order valence-corrected chi connectivity index (χ4v) is 3.87. The quantitative estimate of drug-likeness (QED) is 0.828. The average molecular weight is 344 g/mol. The highest BCUT2D eigenvalue weighted by Crippen LogP contribution is 2.38. The van der Waals surface area contributed by atoms with Crippen molar-refractivity contribution in [3.05, 3.63) is 29.8 Å². The Morgan fingerprint density at radius 3 is 2.40 bits per heavy atom. The van der Waals surface area contributed by atoms with Crippen LogP contribution in [-0.2, 0) is 20.9 Å². The Kier molecular flexibility index (Phi) is 5.06. The number of amides is 3. The maximum atomic E-state index is 12.6. The van der Waals surface area contributed by atoms with Crippen molar-refractivity contribution in [3.63, 3.8) is 0 Å². The van der Waals surface area contributed by atoms with Gasteiger partial charge in [0.15, 0.2) is 0 Å².